The van der Waals surface area contributed by atoms with Crippen molar-refractivity contribution in [2.24, 2.45) is 0 Å². The van der Waals surface area contributed by atoms with Crippen LogP contribution >= 0.6 is 0 Å². The minimum atomic E-state index is 0.157. The maximum atomic E-state index is 5.74. The number of nitrogens with zero attached hydrogens (tertiary/aromatic N) is 1. The van der Waals surface area contributed by atoms with Gasteiger partial charge in [0.2, 0.25) is 0 Å². The molecule has 1 aromatic rings. The van der Waals surface area contributed by atoms with E-state index >= 15 is 0 Å². The van der Waals surface area contributed by atoms with Gasteiger partial charge in [0.15, 0.2) is 0 Å². The summed E-state index contributed by atoms with van der Waals surface area (Å²) >= 11 is 0. The molecular formula is C18H30N2O. The Bertz CT molecular complexity index is 465. The summed E-state index contributed by atoms with van der Waals surface area (Å²) in [6, 6.07) is 6.83. The molecule has 0 bridgehead atoms. The Morgan fingerprint density at radius 1 is 1.33 bits per heavy atom. The third-order valence-corrected chi connectivity index (χ3v) is 3.88. The summed E-state index contributed by atoms with van der Waals surface area (Å²) in [5.41, 5.74) is 4.22. The molecule has 1 N–H and O–H groups in total. The van der Waals surface area contributed by atoms with Crippen LogP contribution in [0.5, 0.6) is 0 Å². The summed E-state index contributed by atoms with van der Waals surface area (Å²) in [5.74, 6) is 0. The van der Waals surface area contributed by atoms with E-state index in [1.165, 1.54) is 16.8 Å². The molecule has 1 heterocycles. The molecule has 0 amide bonds. The normalized spacial score (nSPS) is 20.4. The third kappa shape index (κ3) is 5.01. The second-order valence-corrected chi connectivity index (χ2v) is 7.21. The fourth-order valence-corrected chi connectivity index (χ4v) is 2.76. The van der Waals surface area contributed by atoms with Gasteiger partial charge in [-0.05, 0) is 58.2 Å². The van der Waals surface area contributed by atoms with Crippen molar-refractivity contribution in [2.75, 3.05) is 24.6 Å². The van der Waals surface area contributed by atoms with E-state index in [1.807, 2.05) is 0 Å². The van der Waals surface area contributed by atoms with Gasteiger partial charge in [-0.2, -0.15) is 0 Å². The van der Waals surface area contributed by atoms with Crippen molar-refractivity contribution in [1.29, 1.82) is 0 Å². The first-order valence-electron chi connectivity index (χ1n) is 8.06. The largest absolute Gasteiger partial charge is 0.377 e. The lowest BCUT2D eigenvalue weighted by Gasteiger charge is -2.27. The minimum Gasteiger partial charge on any atom is -0.377 e. The second kappa shape index (κ2) is 6.80. The van der Waals surface area contributed by atoms with E-state index in [2.05, 4.69) is 63.0 Å². The van der Waals surface area contributed by atoms with E-state index in [9.17, 15) is 0 Å². The molecule has 0 aliphatic carbocycles. The van der Waals surface area contributed by atoms with Crippen molar-refractivity contribution in [1.82, 2.24) is 5.32 Å². The van der Waals surface area contributed by atoms with E-state index in [-0.39, 0.29) is 5.54 Å². The second-order valence-electron chi connectivity index (χ2n) is 7.21. The van der Waals surface area contributed by atoms with Crippen molar-refractivity contribution in [2.45, 2.75) is 59.2 Å². The molecule has 1 atom stereocenters. The van der Waals surface area contributed by atoms with E-state index in [0.29, 0.717) is 6.10 Å². The van der Waals surface area contributed by atoms with Crippen molar-refractivity contribution in [3.63, 3.8) is 0 Å². The molecule has 0 spiro atoms. The molecule has 1 unspecified atom stereocenters. The molecule has 0 radical (unpaired) electrons. The molecule has 21 heavy (non-hydrogen) atoms. The van der Waals surface area contributed by atoms with Gasteiger partial charge in [0.1, 0.15) is 0 Å². The van der Waals surface area contributed by atoms with Gasteiger partial charge in [-0.25, -0.2) is 0 Å². The van der Waals surface area contributed by atoms with Gasteiger partial charge in [0, 0.05) is 37.5 Å². The number of aryl methyl sites for hydroxylation is 1. The first-order chi connectivity index (χ1) is 9.85. The Labute approximate surface area is 129 Å². The Hall–Kier alpha value is -1.06. The molecule has 3 nitrogen and oxygen atoms in total. The molecule has 118 valence electrons. The van der Waals surface area contributed by atoms with Gasteiger partial charge in [0.25, 0.3) is 0 Å². The van der Waals surface area contributed by atoms with Crippen LogP contribution in [0.2, 0.25) is 0 Å². The average molecular weight is 290 g/mol. The topological polar surface area (TPSA) is 24.5 Å². The third-order valence-electron chi connectivity index (χ3n) is 3.88. The van der Waals surface area contributed by atoms with Crippen LogP contribution in [0.4, 0.5) is 5.69 Å². The molecule has 1 aromatic carbocycles. The smallest absolute Gasteiger partial charge is 0.0721 e. The van der Waals surface area contributed by atoms with Crippen LogP contribution in [0.1, 0.15) is 45.2 Å². The van der Waals surface area contributed by atoms with Gasteiger partial charge >= 0.3 is 0 Å². The van der Waals surface area contributed by atoms with Gasteiger partial charge < -0.3 is 15.0 Å². The molecule has 0 saturated carbocycles. The maximum absolute atomic E-state index is 5.74. The van der Waals surface area contributed by atoms with Crippen LogP contribution in [0.25, 0.3) is 0 Å². The summed E-state index contributed by atoms with van der Waals surface area (Å²) in [6.07, 6.45) is 1.42. The highest BCUT2D eigenvalue weighted by atomic mass is 16.5. The van der Waals surface area contributed by atoms with Crippen LogP contribution in [-0.4, -0.2) is 31.3 Å². The Kier molecular flexibility index (Phi) is 5.28. The van der Waals surface area contributed by atoms with Gasteiger partial charge in [-0.15, -0.1) is 0 Å². The molecule has 2 rings (SSSR count). The SMILES string of the molecule is Cc1cc(CNC(C)(C)C)ccc1N1CCCOC(C)C1. The van der Waals surface area contributed by atoms with Crippen molar-refractivity contribution in [3.8, 4) is 0 Å². The first-order valence-corrected chi connectivity index (χ1v) is 8.06. The summed E-state index contributed by atoms with van der Waals surface area (Å²) in [4.78, 5) is 2.47. The van der Waals surface area contributed by atoms with Crippen LogP contribution in [0, 0.1) is 6.92 Å². The number of rotatable bonds is 3. The fraction of sp³-hybridized carbons (Fsp3) is 0.667. The number of hydrogen-bond acceptors (Lipinski definition) is 3. The molecule has 1 fully saturated rings. The van der Waals surface area contributed by atoms with Crippen LogP contribution in [0.15, 0.2) is 18.2 Å². The Balaban J connectivity index is 2.07. The number of anilines is 1. The van der Waals surface area contributed by atoms with Crippen molar-refractivity contribution < 1.29 is 4.74 Å². The highest BCUT2D eigenvalue weighted by molar-refractivity contribution is 5.54. The summed E-state index contributed by atoms with van der Waals surface area (Å²) in [6.45, 7) is 14.9. The Morgan fingerprint density at radius 2 is 2.10 bits per heavy atom. The Morgan fingerprint density at radius 3 is 2.76 bits per heavy atom. The number of hydrogen-bond donors (Lipinski definition) is 1. The van der Waals surface area contributed by atoms with Crippen LogP contribution in [-0.2, 0) is 11.3 Å². The highest BCUT2D eigenvalue weighted by Gasteiger charge is 2.17. The van der Waals surface area contributed by atoms with Crippen molar-refractivity contribution in [3.05, 3.63) is 29.3 Å². The number of ether oxygens (including phenoxy) is 1. The lowest BCUT2D eigenvalue weighted by atomic mass is 10.1. The summed E-state index contributed by atoms with van der Waals surface area (Å²) < 4.78 is 5.74. The zero-order valence-electron chi connectivity index (χ0n) is 14.2. The molecule has 1 aliphatic rings. The van der Waals surface area contributed by atoms with Crippen LogP contribution < -0.4 is 10.2 Å². The average Bonchev–Trinajstić information content (AvgIpc) is 2.60. The van der Waals surface area contributed by atoms with Crippen molar-refractivity contribution >= 4 is 5.69 Å². The monoisotopic (exact) mass is 290 g/mol. The highest BCUT2D eigenvalue weighted by Crippen LogP contribution is 2.23. The molecular weight excluding hydrogens is 260 g/mol. The molecule has 1 aliphatic heterocycles. The zero-order chi connectivity index (χ0) is 15.5. The summed E-state index contributed by atoms with van der Waals surface area (Å²) in [7, 11) is 0. The lowest BCUT2D eigenvalue weighted by Crippen LogP contribution is -2.35. The van der Waals surface area contributed by atoms with Gasteiger partial charge in [-0.1, -0.05) is 12.1 Å². The lowest BCUT2D eigenvalue weighted by molar-refractivity contribution is 0.0821. The van der Waals surface area contributed by atoms with E-state index in [0.717, 1.165) is 32.7 Å². The minimum absolute atomic E-state index is 0.157. The number of nitrogens with one attached hydrogen (secondary N) is 1. The maximum Gasteiger partial charge on any atom is 0.0721 e. The predicted octanol–water partition coefficient (Wildman–Crippen LogP) is 3.50. The van der Waals surface area contributed by atoms with E-state index in [1.54, 1.807) is 0 Å². The standard InChI is InChI=1S/C18H30N2O/c1-14-11-16(12-19-18(3,4)5)7-8-17(14)20-9-6-10-21-15(2)13-20/h7-8,11,15,19H,6,9-10,12-13H2,1-5H3. The molecule has 1 saturated heterocycles. The summed E-state index contributed by atoms with van der Waals surface area (Å²) in [5, 5.41) is 3.55. The van der Waals surface area contributed by atoms with Gasteiger partial charge in [0.05, 0.1) is 6.10 Å². The fourth-order valence-electron chi connectivity index (χ4n) is 2.76. The van der Waals surface area contributed by atoms with E-state index in [4.69, 9.17) is 4.74 Å². The van der Waals surface area contributed by atoms with Crippen LogP contribution in [0.3, 0.4) is 0 Å². The molecule has 3 heteroatoms. The van der Waals surface area contributed by atoms with E-state index < -0.39 is 0 Å². The predicted molar refractivity (Wildman–Crippen MR) is 90.0 cm³/mol. The first kappa shape index (κ1) is 16.3. The zero-order valence-corrected chi connectivity index (χ0v) is 14.2. The molecule has 0 aromatic heterocycles. The number of benzene rings is 1. The van der Waals surface area contributed by atoms with Gasteiger partial charge in [-0.3, -0.25) is 0 Å². The quantitative estimate of drug-likeness (QED) is 0.922.